The van der Waals surface area contributed by atoms with E-state index in [9.17, 15) is 0 Å². The molecule has 0 saturated heterocycles. The number of fused-ring (bicyclic) bond motifs is 3. The minimum absolute atomic E-state index is 1.16. The normalized spacial score (nSPS) is 11.1. The van der Waals surface area contributed by atoms with E-state index in [1.807, 2.05) is 0 Å². The van der Waals surface area contributed by atoms with Gasteiger partial charge in [0.15, 0.2) is 0 Å². The van der Waals surface area contributed by atoms with Crippen LogP contribution in [0.15, 0.2) is 54.6 Å². The van der Waals surface area contributed by atoms with Crippen molar-refractivity contribution in [1.29, 1.82) is 0 Å². The van der Waals surface area contributed by atoms with Crippen LogP contribution in [0.4, 0.5) is 0 Å². The zero-order chi connectivity index (χ0) is 11.7. The van der Waals surface area contributed by atoms with E-state index >= 15 is 0 Å². The summed E-state index contributed by atoms with van der Waals surface area (Å²) in [5, 5.41) is 5.51. The first-order valence-electron chi connectivity index (χ1n) is 6.29. The lowest BCUT2D eigenvalue weighted by Gasteiger charge is -2.09. The second-order valence-electron chi connectivity index (χ2n) is 4.55. The molecule has 0 heteroatoms. The smallest absolute Gasteiger partial charge is 0.00733 e. The standard InChI is InChI=1S/C17H16/c1-2-6-14-8-5-9-15-12-11-13-7-3-4-10-16(13)17(14)15/h3-5,7-12H,2,6H2,1H3. The number of hydrogen-bond acceptors (Lipinski definition) is 0. The van der Waals surface area contributed by atoms with Gasteiger partial charge in [0.2, 0.25) is 0 Å². The number of hydrogen-bond donors (Lipinski definition) is 0. The van der Waals surface area contributed by atoms with Gasteiger partial charge in [0.05, 0.1) is 0 Å². The Morgan fingerprint density at radius 2 is 1.53 bits per heavy atom. The van der Waals surface area contributed by atoms with Gasteiger partial charge < -0.3 is 0 Å². The van der Waals surface area contributed by atoms with Crippen LogP contribution in [-0.2, 0) is 6.42 Å². The fraction of sp³-hybridized carbons (Fsp3) is 0.176. The first-order valence-corrected chi connectivity index (χ1v) is 6.29. The molecule has 0 atom stereocenters. The lowest BCUT2D eigenvalue weighted by molar-refractivity contribution is 0.930. The van der Waals surface area contributed by atoms with Crippen LogP contribution in [0.2, 0.25) is 0 Å². The zero-order valence-corrected chi connectivity index (χ0v) is 10.1. The molecular formula is C17H16. The number of benzene rings is 3. The first-order chi connectivity index (χ1) is 8.40. The second kappa shape index (κ2) is 4.21. The van der Waals surface area contributed by atoms with Crippen molar-refractivity contribution in [1.82, 2.24) is 0 Å². The second-order valence-corrected chi connectivity index (χ2v) is 4.55. The summed E-state index contributed by atoms with van der Waals surface area (Å²) < 4.78 is 0. The molecule has 0 saturated carbocycles. The van der Waals surface area contributed by atoms with E-state index < -0.39 is 0 Å². The molecule has 3 aromatic rings. The lowest BCUT2D eigenvalue weighted by Crippen LogP contribution is -1.87. The van der Waals surface area contributed by atoms with Crippen molar-refractivity contribution in [2.24, 2.45) is 0 Å². The molecule has 0 aliphatic carbocycles. The maximum absolute atomic E-state index is 2.26. The maximum atomic E-state index is 2.26. The van der Waals surface area contributed by atoms with Crippen LogP contribution < -0.4 is 0 Å². The molecule has 0 nitrogen and oxygen atoms in total. The molecule has 3 rings (SSSR count). The molecule has 17 heavy (non-hydrogen) atoms. The number of rotatable bonds is 2. The average Bonchev–Trinajstić information content (AvgIpc) is 2.39. The zero-order valence-electron chi connectivity index (χ0n) is 10.1. The fourth-order valence-electron chi connectivity index (χ4n) is 2.61. The summed E-state index contributed by atoms with van der Waals surface area (Å²) >= 11 is 0. The van der Waals surface area contributed by atoms with Crippen LogP contribution in [0.25, 0.3) is 21.5 Å². The highest BCUT2D eigenvalue weighted by Crippen LogP contribution is 2.28. The van der Waals surface area contributed by atoms with Crippen molar-refractivity contribution in [3.8, 4) is 0 Å². The Hall–Kier alpha value is -1.82. The molecule has 0 aliphatic rings. The third kappa shape index (κ3) is 1.70. The van der Waals surface area contributed by atoms with Crippen LogP contribution in [-0.4, -0.2) is 0 Å². The van der Waals surface area contributed by atoms with Crippen molar-refractivity contribution in [2.75, 3.05) is 0 Å². The van der Waals surface area contributed by atoms with E-state index in [-0.39, 0.29) is 0 Å². The Bertz CT molecular complexity index is 665. The minimum atomic E-state index is 1.16. The maximum Gasteiger partial charge on any atom is -0.00733 e. The molecule has 3 aromatic carbocycles. The lowest BCUT2D eigenvalue weighted by atomic mass is 9.96. The van der Waals surface area contributed by atoms with E-state index in [2.05, 4.69) is 61.5 Å². The van der Waals surface area contributed by atoms with E-state index in [1.54, 1.807) is 0 Å². The Labute approximate surface area is 102 Å². The Balaban J connectivity index is 2.45. The molecule has 0 bridgehead atoms. The van der Waals surface area contributed by atoms with Gasteiger partial charge in [0.1, 0.15) is 0 Å². The fourth-order valence-corrected chi connectivity index (χ4v) is 2.61. The highest BCUT2D eigenvalue weighted by molar-refractivity contribution is 6.09. The highest BCUT2D eigenvalue weighted by atomic mass is 14.1. The van der Waals surface area contributed by atoms with Crippen molar-refractivity contribution >= 4 is 21.5 Å². The van der Waals surface area contributed by atoms with Crippen molar-refractivity contribution in [3.05, 3.63) is 60.2 Å². The summed E-state index contributed by atoms with van der Waals surface area (Å²) in [5.74, 6) is 0. The average molecular weight is 220 g/mol. The molecule has 0 fully saturated rings. The van der Waals surface area contributed by atoms with Gasteiger partial charge in [0, 0.05) is 0 Å². The van der Waals surface area contributed by atoms with Gasteiger partial charge in [-0.1, -0.05) is 67.9 Å². The SMILES string of the molecule is CCCc1cccc2ccc3ccccc3c12. The molecule has 84 valence electrons. The summed E-state index contributed by atoms with van der Waals surface area (Å²) in [6.07, 6.45) is 2.35. The van der Waals surface area contributed by atoms with Crippen molar-refractivity contribution in [3.63, 3.8) is 0 Å². The van der Waals surface area contributed by atoms with Crippen LogP contribution in [0.1, 0.15) is 18.9 Å². The van der Waals surface area contributed by atoms with Crippen LogP contribution >= 0.6 is 0 Å². The molecule has 0 radical (unpaired) electrons. The molecule has 0 spiro atoms. The van der Waals surface area contributed by atoms with E-state index in [1.165, 1.54) is 33.5 Å². The molecule has 0 unspecified atom stereocenters. The summed E-state index contributed by atoms with van der Waals surface area (Å²) in [5.41, 5.74) is 1.47. The van der Waals surface area contributed by atoms with Gasteiger partial charge in [-0.3, -0.25) is 0 Å². The van der Waals surface area contributed by atoms with Gasteiger partial charge in [-0.25, -0.2) is 0 Å². The molecule has 0 aromatic heterocycles. The van der Waals surface area contributed by atoms with Gasteiger partial charge in [-0.15, -0.1) is 0 Å². The summed E-state index contributed by atoms with van der Waals surface area (Å²) in [6.45, 7) is 2.24. The van der Waals surface area contributed by atoms with Gasteiger partial charge >= 0.3 is 0 Å². The minimum Gasteiger partial charge on any atom is -0.0651 e. The topological polar surface area (TPSA) is 0 Å². The predicted octanol–water partition coefficient (Wildman–Crippen LogP) is 4.95. The van der Waals surface area contributed by atoms with E-state index in [0.29, 0.717) is 0 Å². The molecule has 0 aliphatic heterocycles. The summed E-state index contributed by atoms with van der Waals surface area (Å²) in [6, 6.07) is 19.8. The first kappa shape index (κ1) is 10.3. The summed E-state index contributed by atoms with van der Waals surface area (Å²) in [7, 11) is 0. The molecule has 0 amide bonds. The third-order valence-corrected chi connectivity index (χ3v) is 3.37. The monoisotopic (exact) mass is 220 g/mol. The van der Waals surface area contributed by atoms with Crippen molar-refractivity contribution < 1.29 is 0 Å². The van der Waals surface area contributed by atoms with E-state index in [4.69, 9.17) is 0 Å². The highest BCUT2D eigenvalue weighted by Gasteiger charge is 2.04. The Kier molecular flexibility index (Phi) is 2.56. The van der Waals surface area contributed by atoms with Crippen molar-refractivity contribution in [2.45, 2.75) is 19.8 Å². The predicted molar refractivity (Wildman–Crippen MR) is 75.4 cm³/mol. The quantitative estimate of drug-likeness (QED) is 0.536. The Morgan fingerprint density at radius 3 is 2.41 bits per heavy atom. The molecular weight excluding hydrogens is 204 g/mol. The van der Waals surface area contributed by atoms with Crippen LogP contribution in [0, 0.1) is 0 Å². The van der Waals surface area contributed by atoms with Gasteiger partial charge in [0.25, 0.3) is 0 Å². The van der Waals surface area contributed by atoms with E-state index in [0.717, 1.165) is 6.42 Å². The van der Waals surface area contributed by atoms with Gasteiger partial charge in [-0.05, 0) is 33.5 Å². The molecule has 0 N–H and O–H groups in total. The van der Waals surface area contributed by atoms with Crippen LogP contribution in [0.5, 0.6) is 0 Å². The van der Waals surface area contributed by atoms with Gasteiger partial charge in [-0.2, -0.15) is 0 Å². The Morgan fingerprint density at radius 1 is 0.765 bits per heavy atom. The largest absolute Gasteiger partial charge is 0.0651 e. The summed E-state index contributed by atoms with van der Waals surface area (Å²) in [4.78, 5) is 0. The molecule has 0 heterocycles. The number of aryl methyl sites for hydroxylation is 1. The third-order valence-electron chi connectivity index (χ3n) is 3.37. The van der Waals surface area contributed by atoms with Crippen LogP contribution in [0.3, 0.4) is 0 Å².